The molecule has 2 rings (SSSR count). The van der Waals surface area contributed by atoms with Crippen molar-refractivity contribution in [2.45, 2.75) is 9.79 Å². The third kappa shape index (κ3) is 3.84. The lowest BCUT2D eigenvalue weighted by atomic mass is 10.1. The van der Waals surface area contributed by atoms with Gasteiger partial charge in [0.2, 0.25) is 0 Å². The Labute approximate surface area is 124 Å². The minimum atomic E-state index is -0.512. The zero-order valence-corrected chi connectivity index (χ0v) is 12.4. The van der Waals surface area contributed by atoms with Crippen molar-refractivity contribution < 1.29 is 13.6 Å². The minimum Gasteiger partial charge on any atom is -0.293 e. The molecule has 0 atom stereocenters. The fraction of sp³-hybridized carbons (Fsp3) is 0.133. The maximum absolute atomic E-state index is 13.4. The van der Waals surface area contributed by atoms with E-state index in [0.717, 1.165) is 34.9 Å². The second kappa shape index (κ2) is 6.90. The lowest BCUT2D eigenvalue weighted by Crippen LogP contribution is -2.02. The molecule has 0 saturated carbocycles. The van der Waals surface area contributed by atoms with E-state index < -0.39 is 11.6 Å². The van der Waals surface area contributed by atoms with E-state index in [1.54, 1.807) is 23.9 Å². The van der Waals surface area contributed by atoms with Gasteiger partial charge in [0.1, 0.15) is 11.6 Å². The van der Waals surface area contributed by atoms with Gasteiger partial charge in [0.25, 0.3) is 0 Å². The first kappa shape index (κ1) is 15.1. The van der Waals surface area contributed by atoms with Crippen LogP contribution in [-0.4, -0.2) is 17.8 Å². The second-order valence-electron chi connectivity index (χ2n) is 4.02. The van der Waals surface area contributed by atoms with Crippen LogP contribution in [0.1, 0.15) is 10.4 Å². The SMILES string of the molecule is CSc1ccc(C(=O)CSc2cc(F)ccc2F)cc1. The van der Waals surface area contributed by atoms with Crippen molar-refractivity contribution in [3.05, 3.63) is 59.7 Å². The molecule has 0 fully saturated rings. The van der Waals surface area contributed by atoms with Gasteiger partial charge in [-0.05, 0) is 36.6 Å². The Bertz CT molecular complexity index is 612. The molecule has 0 aromatic heterocycles. The van der Waals surface area contributed by atoms with Gasteiger partial charge in [0.15, 0.2) is 5.78 Å². The summed E-state index contributed by atoms with van der Waals surface area (Å²) in [6.45, 7) is 0. The molecule has 0 N–H and O–H groups in total. The monoisotopic (exact) mass is 310 g/mol. The van der Waals surface area contributed by atoms with Gasteiger partial charge in [-0.15, -0.1) is 23.5 Å². The van der Waals surface area contributed by atoms with E-state index in [2.05, 4.69) is 0 Å². The molecule has 2 aromatic carbocycles. The lowest BCUT2D eigenvalue weighted by Gasteiger charge is -2.04. The van der Waals surface area contributed by atoms with Gasteiger partial charge in [-0.3, -0.25) is 4.79 Å². The first-order valence-electron chi connectivity index (χ1n) is 5.85. The van der Waals surface area contributed by atoms with Crippen LogP contribution in [0, 0.1) is 11.6 Å². The van der Waals surface area contributed by atoms with Crippen LogP contribution in [0.2, 0.25) is 0 Å². The quantitative estimate of drug-likeness (QED) is 0.590. The highest BCUT2D eigenvalue weighted by Gasteiger charge is 2.10. The van der Waals surface area contributed by atoms with Gasteiger partial charge in [-0.1, -0.05) is 12.1 Å². The van der Waals surface area contributed by atoms with Crippen LogP contribution >= 0.6 is 23.5 Å². The third-order valence-electron chi connectivity index (χ3n) is 2.66. The fourth-order valence-electron chi connectivity index (χ4n) is 1.59. The second-order valence-corrected chi connectivity index (χ2v) is 5.91. The van der Waals surface area contributed by atoms with Crippen molar-refractivity contribution in [2.24, 2.45) is 0 Å². The maximum Gasteiger partial charge on any atom is 0.173 e. The highest BCUT2D eigenvalue weighted by atomic mass is 32.2. The molecule has 0 bridgehead atoms. The number of ketones is 1. The Kier molecular flexibility index (Phi) is 5.20. The van der Waals surface area contributed by atoms with Crippen molar-refractivity contribution in [3.63, 3.8) is 0 Å². The topological polar surface area (TPSA) is 17.1 Å². The molecule has 0 heterocycles. The number of thioether (sulfide) groups is 2. The van der Waals surface area contributed by atoms with Crippen LogP contribution in [0.25, 0.3) is 0 Å². The Balaban J connectivity index is 2.02. The molecule has 0 aliphatic carbocycles. The van der Waals surface area contributed by atoms with E-state index in [9.17, 15) is 13.6 Å². The molecule has 104 valence electrons. The van der Waals surface area contributed by atoms with Gasteiger partial charge < -0.3 is 0 Å². The smallest absolute Gasteiger partial charge is 0.173 e. The molecule has 20 heavy (non-hydrogen) atoms. The van der Waals surface area contributed by atoms with E-state index in [0.29, 0.717) is 5.56 Å². The van der Waals surface area contributed by atoms with Crippen molar-refractivity contribution in [2.75, 3.05) is 12.0 Å². The van der Waals surface area contributed by atoms with E-state index in [1.165, 1.54) is 0 Å². The summed E-state index contributed by atoms with van der Waals surface area (Å²) < 4.78 is 26.4. The number of halogens is 2. The minimum absolute atomic E-state index is 0.0823. The maximum atomic E-state index is 13.4. The summed E-state index contributed by atoms with van der Waals surface area (Å²) in [4.78, 5) is 13.2. The zero-order chi connectivity index (χ0) is 14.5. The average Bonchev–Trinajstić information content (AvgIpc) is 2.48. The molecule has 2 aromatic rings. The van der Waals surface area contributed by atoms with Crippen molar-refractivity contribution in [1.82, 2.24) is 0 Å². The molecular weight excluding hydrogens is 298 g/mol. The molecule has 1 nitrogen and oxygen atoms in total. The molecule has 0 saturated heterocycles. The number of carbonyl (C=O) groups is 1. The van der Waals surface area contributed by atoms with Crippen molar-refractivity contribution in [1.29, 1.82) is 0 Å². The van der Waals surface area contributed by atoms with Gasteiger partial charge in [0.05, 0.1) is 5.75 Å². The first-order chi connectivity index (χ1) is 9.60. The number of rotatable bonds is 5. The fourth-order valence-corrected chi connectivity index (χ4v) is 2.85. The third-order valence-corrected chi connectivity index (χ3v) is 4.44. The highest BCUT2D eigenvalue weighted by Crippen LogP contribution is 2.24. The number of Topliss-reactive ketones (excluding diaryl/α,β-unsaturated/α-hetero) is 1. The average molecular weight is 310 g/mol. The standard InChI is InChI=1S/C15H12F2OS2/c1-19-12-5-2-10(3-6-12)14(18)9-20-15-8-11(16)4-7-13(15)17/h2-8H,9H2,1H3. The van der Waals surface area contributed by atoms with Crippen LogP contribution in [0.3, 0.4) is 0 Å². The molecule has 0 radical (unpaired) electrons. The molecule has 0 aliphatic rings. The summed E-state index contributed by atoms with van der Waals surface area (Å²) in [5.41, 5.74) is 0.576. The largest absolute Gasteiger partial charge is 0.293 e. The summed E-state index contributed by atoms with van der Waals surface area (Å²) >= 11 is 2.60. The molecule has 0 aliphatic heterocycles. The van der Waals surface area contributed by atoms with Gasteiger partial charge >= 0.3 is 0 Å². The summed E-state index contributed by atoms with van der Waals surface area (Å²) in [6.07, 6.45) is 1.96. The molecule has 0 unspecified atom stereocenters. The van der Waals surface area contributed by atoms with E-state index >= 15 is 0 Å². The van der Waals surface area contributed by atoms with E-state index in [1.807, 2.05) is 18.4 Å². The number of hydrogen-bond donors (Lipinski definition) is 0. The Hall–Kier alpha value is -1.33. The van der Waals surface area contributed by atoms with Gasteiger partial charge in [-0.25, -0.2) is 8.78 Å². The number of benzene rings is 2. The number of carbonyl (C=O) groups excluding carboxylic acids is 1. The predicted molar refractivity (Wildman–Crippen MR) is 79.6 cm³/mol. The Morgan fingerprint density at radius 2 is 1.80 bits per heavy atom. The van der Waals surface area contributed by atoms with Crippen LogP contribution < -0.4 is 0 Å². The summed E-state index contributed by atoms with van der Waals surface area (Å²) in [5, 5.41) is 0. The van der Waals surface area contributed by atoms with Crippen LogP contribution in [0.15, 0.2) is 52.3 Å². The normalized spacial score (nSPS) is 10.6. The van der Waals surface area contributed by atoms with Crippen molar-refractivity contribution in [3.8, 4) is 0 Å². The molecule has 5 heteroatoms. The summed E-state index contributed by atoms with van der Waals surface area (Å²) in [7, 11) is 0. The van der Waals surface area contributed by atoms with Gasteiger partial charge in [-0.2, -0.15) is 0 Å². The van der Waals surface area contributed by atoms with E-state index in [4.69, 9.17) is 0 Å². The Morgan fingerprint density at radius 3 is 2.45 bits per heavy atom. The van der Waals surface area contributed by atoms with Crippen LogP contribution in [0.5, 0.6) is 0 Å². The predicted octanol–water partition coefficient (Wildman–Crippen LogP) is 4.66. The molecule has 0 spiro atoms. The summed E-state index contributed by atoms with van der Waals surface area (Å²) in [6, 6.07) is 10.5. The zero-order valence-electron chi connectivity index (χ0n) is 10.7. The highest BCUT2D eigenvalue weighted by molar-refractivity contribution is 8.00. The van der Waals surface area contributed by atoms with Crippen LogP contribution in [-0.2, 0) is 0 Å². The van der Waals surface area contributed by atoms with Crippen LogP contribution in [0.4, 0.5) is 8.78 Å². The lowest BCUT2D eigenvalue weighted by molar-refractivity contribution is 0.102. The molecular formula is C15H12F2OS2. The first-order valence-corrected chi connectivity index (χ1v) is 8.06. The van der Waals surface area contributed by atoms with Gasteiger partial charge in [0, 0.05) is 15.4 Å². The summed E-state index contributed by atoms with van der Waals surface area (Å²) in [5.74, 6) is -1.04. The molecule has 0 amide bonds. The van der Waals surface area contributed by atoms with Crippen molar-refractivity contribution >= 4 is 29.3 Å². The van der Waals surface area contributed by atoms with E-state index in [-0.39, 0.29) is 16.4 Å². The Morgan fingerprint density at radius 1 is 1.10 bits per heavy atom. The number of hydrogen-bond acceptors (Lipinski definition) is 3.